The van der Waals surface area contributed by atoms with E-state index >= 15 is 0 Å². The van der Waals surface area contributed by atoms with Crippen molar-refractivity contribution in [2.75, 3.05) is 19.6 Å². The quantitative estimate of drug-likeness (QED) is 0.519. The maximum Gasteiger partial charge on any atom is 0.104 e. The Morgan fingerprint density at radius 1 is 1.27 bits per heavy atom. The van der Waals surface area contributed by atoms with Crippen LogP contribution in [0, 0.1) is 5.92 Å². The van der Waals surface area contributed by atoms with Crippen LogP contribution in [0.1, 0.15) is 33.6 Å². The average Bonchev–Trinajstić information content (AvgIpc) is 2.52. The topological polar surface area (TPSA) is 36.4 Å². The van der Waals surface area contributed by atoms with Crippen LogP contribution >= 0.6 is 11.8 Å². The first-order valence-corrected chi connectivity index (χ1v) is 8.63. The zero-order valence-corrected chi connectivity index (χ0v) is 15.0. The third-order valence-corrected chi connectivity index (χ3v) is 4.92. The summed E-state index contributed by atoms with van der Waals surface area (Å²) in [4.78, 5) is 5.35. The molecule has 0 saturated carbocycles. The van der Waals surface area contributed by atoms with Crippen molar-refractivity contribution in [3.63, 3.8) is 0 Å². The summed E-state index contributed by atoms with van der Waals surface area (Å²) >= 11 is 1.55. The van der Waals surface area contributed by atoms with Gasteiger partial charge in [-0.05, 0) is 58.2 Å². The summed E-state index contributed by atoms with van der Waals surface area (Å²) in [6.07, 6.45) is 4.24. The maximum absolute atomic E-state index is 4.44. The number of thioether (sulfide) groups is 1. The molecule has 0 radical (unpaired) electrons. The summed E-state index contributed by atoms with van der Waals surface area (Å²) in [6.45, 7) is 21.4. The number of hydrogen-bond donors (Lipinski definition) is 2. The van der Waals surface area contributed by atoms with Gasteiger partial charge in [0.1, 0.15) is 5.03 Å². The first kappa shape index (κ1) is 18.8. The predicted molar refractivity (Wildman–Crippen MR) is 101 cm³/mol. The van der Waals surface area contributed by atoms with E-state index in [0.717, 1.165) is 52.3 Å². The van der Waals surface area contributed by atoms with Crippen LogP contribution < -0.4 is 10.6 Å². The minimum atomic E-state index is 0.719. The Balaban J connectivity index is 2.56. The molecule has 0 aromatic heterocycles. The largest absolute Gasteiger partial charge is 0.384 e. The number of piperidine rings is 1. The number of nitrogens with one attached hydrogen (secondary N) is 2. The molecule has 3 nitrogen and oxygen atoms in total. The molecule has 1 rings (SSSR count). The molecule has 1 aliphatic rings. The second-order valence-electron chi connectivity index (χ2n) is 5.68. The summed E-state index contributed by atoms with van der Waals surface area (Å²) < 4.78 is 0. The molecule has 0 aromatic carbocycles. The minimum Gasteiger partial charge on any atom is -0.384 e. The molecule has 122 valence electrons. The van der Waals surface area contributed by atoms with Crippen molar-refractivity contribution in [1.29, 1.82) is 0 Å². The van der Waals surface area contributed by atoms with Gasteiger partial charge in [-0.1, -0.05) is 37.1 Å². The molecule has 0 aliphatic carbocycles. The molecule has 0 spiro atoms. The van der Waals surface area contributed by atoms with Gasteiger partial charge in [0, 0.05) is 23.4 Å². The van der Waals surface area contributed by atoms with Gasteiger partial charge in [-0.15, -0.1) is 0 Å². The third kappa shape index (κ3) is 6.24. The zero-order valence-electron chi connectivity index (χ0n) is 14.2. The fourth-order valence-corrected chi connectivity index (χ4v) is 3.04. The van der Waals surface area contributed by atoms with Crippen LogP contribution in [0.25, 0.3) is 0 Å². The second-order valence-corrected chi connectivity index (χ2v) is 6.76. The highest BCUT2D eigenvalue weighted by molar-refractivity contribution is 8.06. The molecule has 0 atom stereocenters. The maximum atomic E-state index is 4.44. The normalized spacial score (nSPS) is 17.2. The Hall–Kier alpha value is -1.26. The lowest BCUT2D eigenvalue weighted by Gasteiger charge is -2.24. The molecule has 1 heterocycles. The molecule has 2 N–H and O–H groups in total. The van der Waals surface area contributed by atoms with Gasteiger partial charge in [-0.2, -0.15) is 0 Å². The first-order chi connectivity index (χ1) is 10.5. The molecule has 1 aliphatic heterocycles. The Kier molecular flexibility index (Phi) is 8.28. The van der Waals surface area contributed by atoms with E-state index in [1.54, 1.807) is 18.0 Å². The number of allylic oxidation sites excluding steroid dienone is 2. The Morgan fingerprint density at radius 2 is 1.91 bits per heavy atom. The monoisotopic (exact) mass is 319 g/mol. The fraction of sp³-hybridized carbons (Fsp3) is 0.500. The number of hydrogen-bond acceptors (Lipinski definition) is 4. The van der Waals surface area contributed by atoms with Crippen LogP contribution in [-0.4, -0.2) is 25.8 Å². The van der Waals surface area contributed by atoms with Gasteiger partial charge in [-0.25, -0.2) is 0 Å². The molecule has 1 fully saturated rings. The van der Waals surface area contributed by atoms with Crippen LogP contribution in [0.2, 0.25) is 0 Å². The van der Waals surface area contributed by atoms with Gasteiger partial charge in [-0.3, -0.25) is 4.99 Å². The van der Waals surface area contributed by atoms with Crippen LogP contribution in [-0.2, 0) is 0 Å². The lowest BCUT2D eigenvalue weighted by Crippen LogP contribution is -2.33. The predicted octanol–water partition coefficient (Wildman–Crippen LogP) is 4.23. The van der Waals surface area contributed by atoms with E-state index in [0.29, 0.717) is 0 Å². The standard InChI is InChI=1S/C18H29N3S/c1-7-20-18(14(4)13(2)3)22-16(6)15(5)21-12-17-8-10-19-11-9-17/h7,17,19,21H,2,5-6,8-12H2,1,3-4H3/b18-14+,20-7-. The van der Waals surface area contributed by atoms with E-state index in [9.17, 15) is 0 Å². The zero-order chi connectivity index (χ0) is 16.5. The highest BCUT2D eigenvalue weighted by Crippen LogP contribution is 2.32. The van der Waals surface area contributed by atoms with E-state index in [2.05, 4.69) is 35.4 Å². The highest BCUT2D eigenvalue weighted by Gasteiger charge is 2.14. The van der Waals surface area contributed by atoms with Crippen molar-refractivity contribution < 1.29 is 0 Å². The van der Waals surface area contributed by atoms with Gasteiger partial charge in [0.25, 0.3) is 0 Å². The molecular formula is C18H29N3S. The van der Waals surface area contributed by atoms with Crippen molar-refractivity contribution >= 4 is 18.0 Å². The van der Waals surface area contributed by atoms with E-state index in [-0.39, 0.29) is 0 Å². The first-order valence-electron chi connectivity index (χ1n) is 7.81. The molecule has 1 saturated heterocycles. The van der Waals surface area contributed by atoms with E-state index in [1.807, 2.05) is 20.8 Å². The molecule has 0 amide bonds. The highest BCUT2D eigenvalue weighted by atomic mass is 32.2. The Bertz CT molecular complexity index is 483. The van der Waals surface area contributed by atoms with Crippen molar-refractivity contribution in [3.8, 4) is 0 Å². The smallest absolute Gasteiger partial charge is 0.104 e. The lowest BCUT2D eigenvalue weighted by atomic mass is 9.98. The summed E-state index contributed by atoms with van der Waals surface area (Å²) in [5, 5.41) is 7.75. The summed E-state index contributed by atoms with van der Waals surface area (Å²) in [7, 11) is 0. The molecule has 0 aromatic rings. The van der Waals surface area contributed by atoms with Gasteiger partial charge < -0.3 is 10.6 Å². The van der Waals surface area contributed by atoms with Crippen molar-refractivity contribution in [3.05, 3.63) is 46.5 Å². The van der Waals surface area contributed by atoms with E-state index < -0.39 is 0 Å². The Morgan fingerprint density at radius 3 is 2.45 bits per heavy atom. The summed E-state index contributed by atoms with van der Waals surface area (Å²) in [6, 6.07) is 0. The van der Waals surface area contributed by atoms with Gasteiger partial charge >= 0.3 is 0 Å². The molecular weight excluding hydrogens is 290 g/mol. The second kappa shape index (κ2) is 9.70. The number of rotatable bonds is 8. The number of aliphatic imine (C=N–C) groups is 1. The van der Waals surface area contributed by atoms with Crippen LogP contribution in [0.5, 0.6) is 0 Å². The molecule has 4 heteroatoms. The summed E-state index contributed by atoms with van der Waals surface area (Å²) in [5.41, 5.74) is 3.01. The number of nitrogens with zero attached hydrogens (tertiary/aromatic N) is 1. The fourth-order valence-electron chi connectivity index (χ4n) is 2.13. The van der Waals surface area contributed by atoms with Gasteiger partial charge in [0.15, 0.2) is 0 Å². The van der Waals surface area contributed by atoms with Crippen molar-refractivity contribution in [2.24, 2.45) is 10.9 Å². The minimum absolute atomic E-state index is 0.719. The molecule has 0 bridgehead atoms. The van der Waals surface area contributed by atoms with Gasteiger partial charge in [0.05, 0.1) is 0 Å². The molecule has 0 unspecified atom stereocenters. The van der Waals surface area contributed by atoms with Crippen LogP contribution in [0.15, 0.2) is 51.5 Å². The van der Waals surface area contributed by atoms with Crippen molar-refractivity contribution in [2.45, 2.75) is 33.6 Å². The van der Waals surface area contributed by atoms with Crippen LogP contribution in [0.3, 0.4) is 0 Å². The SMILES string of the molecule is C=C(NCC1CCNCC1)C(=C)SC(/N=C\C)=C(\C)C(=C)C. The average molecular weight is 320 g/mol. The molecule has 22 heavy (non-hydrogen) atoms. The van der Waals surface area contributed by atoms with Crippen LogP contribution in [0.4, 0.5) is 0 Å². The summed E-state index contributed by atoms with van der Waals surface area (Å²) in [5.74, 6) is 0.719. The lowest BCUT2D eigenvalue weighted by molar-refractivity contribution is 0.367. The van der Waals surface area contributed by atoms with Gasteiger partial charge in [0.2, 0.25) is 0 Å². The Labute approximate surface area is 139 Å². The van der Waals surface area contributed by atoms with E-state index in [1.165, 1.54) is 12.8 Å². The third-order valence-electron chi connectivity index (χ3n) is 3.83. The van der Waals surface area contributed by atoms with Crippen molar-refractivity contribution in [1.82, 2.24) is 10.6 Å². The van der Waals surface area contributed by atoms with E-state index in [4.69, 9.17) is 0 Å².